The maximum absolute atomic E-state index is 4.46. The van der Waals surface area contributed by atoms with Gasteiger partial charge in [-0.05, 0) is 12.8 Å². The zero-order chi connectivity index (χ0) is 12.7. The predicted octanol–water partition coefficient (Wildman–Crippen LogP) is 1.14. The lowest BCUT2D eigenvalue weighted by atomic mass is 10.2. The normalized spacial score (nSPS) is 11.3. The van der Waals surface area contributed by atoms with E-state index in [1.54, 1.807) is 6.33 Å². The van der Waals surface area contributed by atoms with Gasteiger partial charge in [-0.3, -0.25) is 0 Å². The molecule has 0 amide bonds. The van der Waals surface area contributed by atoms with Gasteiger partial charge in [-0.1, -0.05) is 13.8 Å². The summed E-state index contributed by atoms with van der Waals surface area (Å²) < 4.78 is 1.87. The number of nitrogens with zero attached hydrogens (tertiary/aromatic N) is 4. The van der Waals surface area contributed by atoms with E-state index in [0.29, 0.717) is 12.5 Å². The zero-order valence-corrected chi connectivity index (χ0v) is 13.8. The van der Waals surface area contributed by atoms with Gasteiger partial charge in [-0.15, -0.1) is 34.2 Å². The van der Waals surface area contributed by atoms with Gasteiger partial charge in [0.15, 0.2) is 11.8 Å². The first-order valence-electron chi connectivity index (χ1n) is 5.98. The van der Waals surface area contributed by atoms with Crippen LogP contribution in [0, 0.1) is 5.92 Å². The molecule has 0 atom stereocenters. The number of rotatable bonds is 5. The number of guanidine groups is 1. The Morgan fingerprint density at radius 2 is 2.17 bits per heavy atom. The van der Waals surface area contributed by atoms with Gasteiger partial charge < -0.3 is 15.2 Å². The molecule has 0 aromatic carbocycles. The molecule has 18 heavy (non-hydrogen) atoms. The average molecular weight is 366 g/mol. The van der Waals surface area contributed by atoms with Crippen molar-refractivity contribution in [2.24, 2.45) is 18.0 Å². The van der Waals surface area contributed by atoms with Crippen LogP contribution in [0.4, 0.5) is 0 Å². The molecule has 0 aliphatic heterocycles. The number of hydrogen-bond donors (Lipinski definition) is 2. The van der Waals surface area contributed by atoms with Gasteiger partial charge in [0.25, 0.3) is 0 Å². The van der Waals surface area contributed by atoms with Gasteiger partial charge in [0.1, 0.15) is 12.9 Å². The van der Waals surface area contributed by atoms with E-state index in [2.05, 4.69) is 46.6 Å². The third-order valence-electron chi connectivity index (χ3n) is 2.21. The molecule has 104 valence electrons. The summed E-state index contributed by atoms with van der Waals surface area (Å²) in [7, 11) is 1.92. The Bertz CT molecular complexity index is 360. The summed E-state index contributed by atoms with van der Waals surface area (Å²) in [6, 6.07) is 0. The van der Waals surface area contributed by atoms with Crippen LogP contribution < -0.4 is 10.6 Å². The maximum atomic E-state index is 4.46. The quantitative estimate of drug-likeness (QED) is 0.466. The third kappa shape index (κ3) is 6.18. The number of nitrogens with one attached hydrogen (secondary N) is 2. The summed E-state index contributed by atoms with van der Waals surface area (Å²) in [6.07, 6.45) is 1.68. The second kappa shape index (κ2) is 9.12. The molecule has 0 bridgehead atoms. The lowest BCUT2D eigenvalue weighted by molar-refractivity contribution is 0.614. The van der Waals surface area contributed by atoms with Gasteiger partial charge in [0.05, 0.1) is 0 Å². The minimum absolute atomic E-state index is 0. The second-order valence-electron chi connectivity index (χ2n) is 4.33. The average Bonchev–Trinajstić information content (AvgIpc) is 2.68. The molecular weight excluding hydrogens is 343 g/mol. The molecule has 1 heterocycles. The van der Waals surface area contributed by atoms with Crippen LogP contribution >= 0.6 is 24.0 Å². The number of aryl methyl sites for hydroxylation is 1. The summed E-state index contributed by atoms with van der Waals surface area (Å²) in [4.78, 5) is 4.46. The van der Waals surface area contributed by atoms with Crippen molar-refractivity contribution >= 4 is 29.9 Å². The number of aliphatic imine (C=N–C) groups is 1. The van der Waals surface area contributed by atoms with E-state index in [1.165, 1.54) is 0 Å². The van der Waals surface area contributed by atoms with E-state index in [0.717, 1.165) is 24.9 Å². The van der Waals surface area contributed by atoms with Crippen LogP contribution in [0.5, 0.6) is 0 Å². The Labute approximate surface area is 126 Å². The Hall–Kier alpha value is -0.860. The highest BCUT2D eigenvalue weighted by atomic mass is 127. The minimum atomic E-state index is 0. The van der Waals surface area contributed by atoms with Crippen LogP contribution in [0.15, 0.2) is 11.3 Å². The molecule has 6 nitrogen and oxygen atoms in total. The highest BCUT2D eigenvalue weighted by Crippen LogP contribution is 1.94. The van der Waals surface area contributed by atoms with Crippen LogP contribution in [0.25, 0.3) is 0 Å². The predicted molar refractivity (Wildman–Crippen MR) is 84.1 cm³/mol. The third-order valence-corrected chi connectivity index (χ3v) is 2.21. The monoisotopic (exact) mass is 366 g/mol. The van der Waals surface area contributed by atoms with Crippen LogP contribution in [0.1, 0.15) is 26.6 Å². The highest BCUT2D eigenvalue weighted by molar-refractivity contribution is 14.0. The van der Waals surface area contributed by atoms with Crippen LogP contribution in [0.3, 0.4) is 0 Å². The van der Waals surface area contributed by atoms with Crippen LogP contribution in [-0.4, -0.2) is 33.8 Å². The van der Waals surface area contributed by atoms with Gasteiger partial charge in [0.2, 0.25) is 0 Å². The van der Waals surface area contributed by atoms with Crippen molar-refractivity contribution in [1.29, 1.82) is 0 Å². The number of halogens is 1. The molecule has 1 aromatic rings. The summed E-state index contributed by atoms with van der Waals surface area (Å²) in [5.74, 6) is 2.27. The van der Waals surface area contributed by atoms with Gasteiger partial charge >= 0.3 is 0 Å². The molecule has 0 saturated carbocycles. The molecule has 0 spiro atoms. The summed E-state index contributed by atoms with van der Waals surface area (Å²) >= 11 is 0. The van der Waals surface area contributed by atoms with Gasteiger partial charge in [-0.25, -0.2) is 4.99 Å². The van der Waals surface area contributed by atoms with Crippen molar-refractivity contribution in [1.82, 2.24) is 25.4 Å². The summed E-state index contributed by atoms with van der Waals surface area (Å²) in [5.41, 5.74) is 0. The van der Waals surface area contributed by atoms with E-state index in [1.807, 2.05) is 11.6 Å². The molecule has 0 radical (unpaired) electrons. The van der Waals surface area contributed by atoms with Gasteiger partial charge in [0, 0.05) is 20.1 Å². The van der Waals surface area contributed by atoms with E-state index in [9.17, 15) is 0 Å². The van der Waals surface area contributed by atoms with E-state index < -0.39 is 0 Å². The highest BCUT2D eigenvalue weighted by Gasteiger charge is 2.02. The van der Waals surface area contributed by atoms with E-state index in [4.69, 9.17) is 0 Å². The molecule has 0 saturated heterocycles. The first-order chi connectivity index (χ1) is 8.13. The fraction of sp³-hybridized carbons (Fsp3) is 0.727. The Morgan fingerprint density at radius 1 is 1.44 bits per heavy atom. The van der Waals surface area contributed by atoms with Crippen LogP contribution in [-0.2, 0) is 13.6 Å². The summed E-state index contributed by atoms with van der Waals surface area (Å²) in [5, 5.41) is 14.3. The fourth-order valence-corrected chi connectivity index (χ4v) is 1.24. The lowest BCUT2D eigenvalue weighted by Crippen LogP contribution is -2.39. The molecule has 2 N–H and O–H groups in total. The van der Waals surface area contributed by atoms with Crippen molar-refractivity contribution in [3.05, 3.63) is 12.2 Å². The maximum Gasteiger partial charge on any atom is 0.191 e. The lowest BCUT2D eigenvalue weighted by Gasteiger charge is -2.12. The van der Waals surface area contributed by atoms with E-state index >= 15 is 0 Å². The standard InChI is InChI=1S/C11H22N6.HI/c1-5-12-11(13-6-9(2)3)14-7-10-16-15-8-17(10)4;/h8-9H,5-7H2,1-4H3,(H2,12,13,14);1H. The van der Waals surface area contributed by atoms with Crippen LogP contribution in [0.2, 0.25) is 0 Å². The van der Waals surface area contributed by atoms with Gasteiger partial charge in [-0.2, -0.15) is 0 Å². The Balaban J connectivity index is 0.00000289. The topological polar surface area (TPSA) is 67.1 Å². The minimum Gasteiger partial charge on any atom is -0.357 e. The molecule has 1 rings (SSSR count). The molecular formula is C11H23IN6. The fourth-order valence-electron chi connectivity index (χ4n) is 1.24. The smallest absolute Gasteiger partial charge is 0.191 e. The second-order valence-corrected chi connectivity index (χ2v) is 4.33. The molecule has 1 aromatic heterocycles. The van der Waals surface area contributed by atoms with Crippen molar-refractivity contribution in [3.8, 4) is 0 Å². The van der Waals surface area contributed by atoms with Crippen molar-refractivity contribution < 1.29 is 0 Å². The number of hydrogen-bond acceptors (Lipinski definition) is 3. The molecule has 0 unspecified atom stereocenters. The zero-order valence-electron chi connectivity index (χ0n) is 11.5. The van der Waals surface area contributed by atoms with Crippen molar-refractivity contribution in [3.63, 3.8) is 0 Å². The Kier molecular flexibility index (Phi) is 8.69. The molecule has 7 heteroatoms. The number of aromatic nitrogens is 3. The first-order valence-corrected chi connectivity index (χ1v) is 5.98. The van der Waals surface area contributed by atoms with Crippen molar-refractivity contribution in [2.45, 2.75) is 27.3 Å². The summed E-state index contributed by atoms with van der Waals surface area (Å²) in [6.45, 7) is 8.67. The molecule has 0 fully saturated rings. The SMILES string of the molecule is CCNC(=NCc1nncn1C)NCC(C)C.I. The molecule has 0 aliphatic rings. The molecule has 0 aliphatic carbocycles. The first kappa shape index (κ1) is 17.1. The van der Waals surface area contributed by atoms with E-state index in [-0.39, 0.29) is 24.0 Å². The Morgan fingerprint density at radius 3 is 2.67 bits per heavy atom. The van der Waals surface area contributed by atoms with Crippen molar-refractivity contribution in [2.75, 3.05) is 13.1 Å². The largest absolute Gasteiger partial charge is 0.357 e.